The number of fused-ring (bicyclic) bond motifs is 1. The van der Waals surface area contributed by atoms with Crippen molar-refractivity contribution in [2.75, 3.05) is 0 Å². The molecule has 2 rings (SSSR count). The van der Waals surface area contributed by atoms with Crippen LogP contribution in [0.1, 0.15) is 24.7 Å². The third-order valence-corrected chi connectivity index (χ3v) is 3.34. The molecule has 0 radical (unpaired) electrons. The molecular formula is C13H17N3O3. The van der Waals surface area contributed by atoms with Crippen molar-refractivity contribution >= 4 is 16.7 Å². The molecule has 0 fully saturated rings. The first-order chi connectivity index (χ1) is 8.97. The monoisotopic (exact) mass is 263 g/mol. The second kappa shape index (κ2) is 4.87. The van der Waals surface area contributed by atoms with Crippen molar-refractivity contribution in [3.63, 3.8) is 0 Å². The molecule has 6 nitrogen and oxygen atoms in total. The van der Waals surface area contributed by atoms with Gasteiger partial charge in [-0.1, -0.05) is 6.92 Å². The lowest BCUT2D eigenvalue weighted by molar-refractivity contribution is -0.137. The predicted molar refractivity (Wildman–Crippen MR) is 71.4 cm³/mol. The number of carboxylic acid groups (broad SMARTS) is 1. The summed E-state index contributed by atoms with van der Waals surface area (Å²) in [6.45, 7) is 6.34. The number of aromatic nitrogens is 3. The van der Waals surface area contributed by atoms with E-state index in [1.54, 1.807) is 6.20 Å². The molecule has 0 atom stereocenters. The van der Waals surface area contributed by atoms with Crippen LogP contribution in [-0.2, 0) is 17.9 Å². The number of aryl methyl sites for hydroxylation is 2. The third-order valence-electron chi connectivity index (χ3n) is 3.34. The van der Waals surface area contributed by atoms with Crippen LogP contribution in [0.15, 0.2) is 11.0 Å². The van der Waals surface area contributed by atoms with Gasteiger partial charge in [0.05, 0.1) is 11.6 Å². The van der Waals surface area contributed by atoms with Gasteiger partial charge in [0.2, 0.25) is 0 Å². The van der Waals surface area contributed by atoms with Crippen molar-refractivity contribution in [3.8, 4) is 0 Å². The molecule has 2 aromatic heterocycles. The molecule has 0 bridgehead atoms. The summed E-state index contributed by atoms with van der Waals surface area (Å²) >= 11 is 0. The molecule has 19 heavy (non-hydrogen) atoms. The minimum atomic E-state index is -1.07. The zero-order valence-electron chi connectivity index (χ0n) is 11.3. The molecule has 0 saturated heterocycles. The van der Waals surface area contributed by atoms with Crippen molar-refractivity contribution in [1.29, 1.82) is 0 Å². The van der Waals surface area contributed by atoms with Crippen LogP contribution in [0.2, 0.25) is 0 Å². The summed E-state index contributed by atoms with van der Waals surface area (Å²) in [6.07, 6.45) is 2.55. The molecule has 1 N–H and O–H groups in total. The molecule has 0 aliphatic carbocycles. The highest BCUT2D eigenvalue weighted by atomic mass is 16.4. The fraction of sp³-hybridized carbons (Fsp3) is 0.462. The summed E-state index contributed by atoms with van der Waals surface area (Å²) in [7, 11) is 0. The van der Waals surface area contributed by atoms with Gasteiger partial charge in [0.1, 0.15) is 6.54 Å². The van der Waals surface area contributed by atoms with Crippen LogP contribution in [0.4, 0.5) is 0 Å². The first-order valence-electron chi connectivity index (χ1n) is 6.24. The normalized spacial score (nSPS) is 11.1. The molecule has 0 amide bonds. The Hall–Kier alpha value is -2.11. The zero-order chi connectivity index (χ0) is 14.2. The van der Waals surface area contributed by atoms with Gasteiger partial charge in [0.25, 0.3) is 5.56 Å². The van der Waals surface area contributed by atoms with Crippen molar-refractivity contribution in [2.24, 2.45) is 0 Å². The van der Waals surface area contributed by atoms with Gasteiger partial charge in [0, 0.05) is 23.3 Å². The van der Waals surface area contributed by atoms with Crippen molar-refractivity contribution in [1.82, 2.24) is 14.3 Å². The van der Waals surface area contributed by atoms with E-state index in [4.69, 9.17) is 5.11 Å². The van der Waals surface area contributed by atoms with Gasteiger partial charge in [0.15, 0.2) is 0 Å². The predicted octanol–water partition coefficient (Wildman–Crippen LogP) is 1.31. The number of hydrogen-bond acceptors (Lipinski definition) is 3. The Balaban J connectivity index is 2.72. The number of carboxylic acids is 1. The van der Waals surface area contributed by atoms with Crippen LogP contribution in [0.25, 0.3) is 10.8 Å². The first-order valence-corrected chi connectivity index (χ1v) is 6.24. The van der Waals surface area contributed by atoms with Crippen LogP contribution in [0.5, 0.6) is 0 Å². The Labute approximate surface area is 110 Å². The maximum absolute atomic E-state index is 12.3. The van der Waals surface area contributed by atoms with E-state index in [1.807, 2.05) is 13.8 Å². The van der Waals surface area contributed by atoms with E-state index in [2.05, 4.69) is 16.6 Å². The van der Waals surface area contributed by atoms with Gasteiger partial charge in [-0.2, -0.15) is 5.10 Å². The molecule has 2 aromatic rings. The van der Waals surface area contributed by atoms with Crippen LogP contribution < -0.4 is 5.56 Å². The standard InChI is InChI=1S/C13H17N3O3/c1-4-5-15-8(2)10-6-14-16(7-11(17)18)13(19)12(10)9(15)3/h6H,4-5,7H2,1-3H3,(H,17,18). The maximum atomic E-state index is 12.3. The third kappa shape index (κ3) is 2.14. The van der Waals surface area contributed by atoms with Crippen LogP contribution in [0.3, 0.4) is 0 Å². The van der Waals surface area contributed by atoms with Gasteiger partial charge in [-0.05, 0) is 20.3 Å². The van der Waals surface area contributed by atoms with Crippen LogP contribution in [-0.4, -0.2) is 25.4 Å². The van der Waals surface area contributed by atoms with Crippen molar-refractivity contribution in [3.05, 3.63) is 27.9 Å². The van der Waals surface area contributed by atoms with E-state index in [-0.39, 0.29) is 5.56 Å². The molecular weight excluding hydrogens is 246 g/mol. The number of aliphatic carboxylic acids is 1. The topological polar surface area (TPSA) is 77.1 Å². The van der Waals surface area contributed by atoms with Crippen molar-refractivity contribution < 1.29 is 9.90 Å². The molecule has 0 saturated carbocycles. The number of carbonyl (C=O) groups is 1. The summed E-state index contributed by atoms with van der Waals surface area (Å²) in [5.74, 6) is -1.07. The lowest BCUT2D eigenvalue weighted by atomic mass is 10.2. The highest BCUT2D eigenvalue weighted by molar-refractivity contribution is 5.87. The van der Waals surface area contributed by atoms with E-state index in [1.165, 1.54) is 0 Å². The number of hydrogen-bond donors (Lipinski definition) is 1. The smallest absolute Gasteiger partial charge is 0.325 e. The molecule has 0 unspecified atom stereocenters. The molecule has 2 heterocycles. The molecule has 0 spiro atoms. The van der Waals surface area contributed by atoms with Gasteiger partial charge in [-0.15, -0.1) is 0 Å². The van der Waals surface area contributed by atoms with Gasteiger partial charge < -0.3 is 9.67 Å². The molecule has 0 aliphatic heterocycles. The molecule has 0 aromatic carbocycles. The second-order valence-electron chi connectivity index (χ2n) is 4.61. The minimum absolute atomic E-state index is 0.338. The molecule has 102 valence electrons. The summed E-state index contributed by atoms with van der Waals surface area (Å²) < 4.78 is 3.08. The van der Waals surface area contributed by atoms with Crippen molar-refractivity contribution in [2.45, 2.75) is 40.3 Å². The van der Waals surface area contributed by atoms with E-state index in [0.29, 0.717) is 5.39 Å². The van der Waals surface area contributed by atoms with E-state index in [9.17, 15) is 9.59 Å². The van der Waals surface area contributed by atoms with E-state index >= 15 is 0 Å². The Morgan fingerprint density at radius 1 is 1.37 bits per heavy atom. The molecule has 6 heteroatoms. The quantitative estimate of drug-likeness (QED) is 0.902. The molecule has 0 aliphatic rings. The van der Waals surface area contributed by atoms with Crippen LogP contribution >= 0.6 is 0 Å². The fourth-order valence-corrected chi connectivity index (χ4v) is 2.44. The lowest BCUT2D eigenvalue weighted by Crippen LogP contribution is -2.26. The summed E-state index contributed by atoms with van der Waals surface area (Å²) in [5, 5.41) is 14.1. The Kier molecular flexibility index (Phi) is 3.42. The number of rotatable bonds is 4. The van der Waals surface area contributed by atoms with E-state index < -0.39 is 12.5 Å². The Bertz CT molecular complexity index is 697. The van der Waals surface area contributed by atoms with Gasteiger partial charge in [-0.3, -0.25) is 9.59 Å². The highest BCUT2D eigenvalue weighted by Gasteiger charge is 2.16. The fourth-order valence-electron chi connectivity index (χ4n) is 2.44. The highest BCUT2D eigenvalue weighted by Crippen LogP contribution is 2.21. The van der Waals surface area contributed by atoms with Gasteiger partial charge >= 0.3 is 5.97 Å². The minimum Gasteiger partial charge on any atom is -0.480 e. The summed E-state index contributed by atoms with van der Waals surface area (Å²) in [5.41, 5.74) is 1.54. The average molecular weight is 263 g/mol. The second-order valence-corrected chi connectivity index (χ2v) is 4.61. The lowest BCUT2D eigenvalue weighted by Gasteiger charge is -2.06. The first kappa shape index (κ1) is 13.3. The largest absolute Gasteiger partial charge is 0.480 e. The Morgan fingerprint density at radius 3 is 2.63 bits per heavy atom. The summed E-state index contributed by atoms with van der Waals surface area (Å²) in [6, 6.07) is 0. The number of nitrogens with zero attached hydrogens (tertiary/aromatic N) is 3. The van der Waals surface area contributed by atoms with Crippen LogP contribution in [0, 0.1) is 13.8 Å². The van der Waals surface area contributed by atoms with E-state index in [0.717, 1.165) is 34.4 Å². The average Bonchev–Trinajstić information content (AvgIpc) is 2.58. The van der Waals surface area contributed by atoms with Gasteiger partial charge in [-0.25, -0.2) is 4.68 Å². The zero-order valence-corrected chi connectivity index (χ0v) is 11.3. The Morgan fingerprint density at radius 2 is 2.05 bits per heavy atom. The maximum Gasteiger partial charge on any atom is 0.325 e. The SMILES string of the molecule is CCCn1c(C)c2cnn(CC(=O)O)c(=O)c2c1C. The summed E-state index contributed by atoms with van der Waals surface area (Å²) in [4.78, 5) is 23.0.